The standard InChI is InChI=1S/2C19H18P.Fe/c2*1-15-7-11-18(12-8-15)20(17-5-3-4-6-17)19-13-9-16(2)10-14-19;/h2*3-14H,1-2H3;. The van der Waals surface area contributed by atoms with Crippen LogP contribution in [0, 0.1) is 27.7 Å². The van der Waals surface area contributed by atoms with E-state index in [1.165, 1.54) is 60.8 Å². The molecule has 1 spiro atoms. The van der Waals surface area contributed by atoms with Crippen molar-refractivity contribution in [2.75, 3.05) is 0 Å². The molecule has 0 bridgehead atoms. The van der Waals surface area contributed by atoms with Gasteiger partial charge < -0.3 is 0 Å². The van der Waals surface area contributed by atoms with Gasteiger partial charge in [0.15, 0.2) is 0 Å². The van der Waals surface area contributed by atoms with Crippen molar-refractivity contribution in [3.8, 4) is 0 Å². The van der Waals surface area contributed by atoms with Gasteiger partial charge in [-0.1, -0.05) is 0 Å². The maximum absolute atomic E-state index is 3.89. The van der Waals surface area contributed by atoms with E-state index in [9.17, 15) is 0 Å². The first kappa shape index (κ1) is 21.0. The Morgan fingerprint density at radius 1 is 0.390 bits per heavy atom. The van der Waals surface area contributed by atoms with E-state index in [1.807, 2.05) is 0 Å². The van der Waals surface area contributed by atoms with Gasteiger partial charge in [-0.15, -0.1) is 0 Å². The fraction of sp³-hybridized carbons (Fsp3) is 0.368. The molecular weight excluding hydrogens is 574 g/mol. The quantitative estimate of drug-likeness (QED) is 0.151. The van der Waals surface area contributed by atoms with Crippen LogP contribution in [0.1, 0.15) is 22.3 Å². The van der Waals surface area contributed by atoms with Crippen LogP contribution in [-0.2, 0) is 6.51 Å². The Morgan fingerprint density at radius 2 is 0.610 bits per heavy atom. The molecule has 10 saturated heterocycles. The summed E-state index contributed by atoms with van der Waals surface area (Å²) >= 11 is 0. The Hall–Kier alpha value is -1.74. The van der Waals surface area contributed by atoms with Gasteiger partial charge in [0.05, 0.1) is 0 Å². The zero-order chi connectivity index (χ0) is 27.0. The Morgan fingerprint density at radius 3 is 0.805 bits per heavy atom. The van der Waals surface area contributed by atoms with E-state index in [1.54, 1.807) is 21.2 Å². The Kier molecular flexibility index (Phi) is 1.74. The first-order chi connectivity index (χ1) is 19.7. The van der Waals surface area contributed by atoms with Crippen molar-refractivity contribution in [3.05, 3.63) is 119 Å². The summed E-state index contributed by atoms with van der Waals surface area (Å²) in [4.78, 5) is 10.0. The van der Waals surface area contributed by atoms with Crippen LogP contribution in [-0.4, -0.2) is 8.11 Å². The summed E-state index contributed by atoms with van der Waals surface area (Å²) in [6.07, 6.45) is 0. The molecule has 14 rings (SSSR count). The van der Waals surface area contributed by atoms with Crippen LogP contribution in [0.15, 0.2) is 97.1 Å². The minimum absolute atomic E-state index is 0.287. The van der Waals surface area contributed by atoms with Crippen molar-refractivity contribution in [1.82, 2.24) is 0 Å². The molecule has 8 unspecified atom stereocenters. The summed E-state index contributed by atoms with van der Waals surface area (Å²) in [5.41, 5.74) is 5.65. The van der Waals surface area contributed by atoms with Crippen LogP contribution in [0.5, 0.6) is 0 Å². The zero-order valence-electron chi connectivity index (χ0n) is 24.1. The van der Waals surface area contributed by atoms with E-state index in [2.05, 4.69) is 125 Å². The maximum atomic E-state index is 2.59. The molecule has 0 N–H and O–H groups in total. The van der Waals surface area contributed by atoms with Gasteiger partial charge in [-0.25, -0.2) is 0 Å². The van der Waals surface area contributed by atoms with Gasteiger partial charge >= 0.3 is 237 Å². The van der Waals surface area contributed by atoms with Crippen LogP contribution in [0.4, 0.5) is 0 Å². The molecule has 10 heterocycles. The van der Waals surface area contributed by atoms with E-state index in [0.29, 0.717) is 0 Å². The first-order valence-corrected chi connectivity index (χ1v) is 24.7. The monoisotopic (exact) mass is 610 g/mol. The normalized spacial score (nSPS) is 58.2. The molecule has 0 amide bonds. The number of fused-ring (bicyclic) bond motifs is 10. The molecule has 10 aliphatic rings. The van der Waals surface area contributed by atoms with E-state index in [-0.39, 0.29) is 15.8 Å². The Labute approximate surface area is 236 Å². The number of hydrogen-bond donors (Lipinski definition) is 0. The minimum atomic E-state index is -3.89. The second-order valence-corrected chi connectivity index (χ2v) is 46.6. The molecule has 4 aromatic carbocycles. The van der Waals surface area contributed by atoms with Crippen LogP contribution in [0.2, 0.25) is 38.5 Å². The van der Waals surface area contributed by atoms with Crippen molar-refractivity contribution < 1.29 is 6.51 Å². The third kappa shape index (κ3) is 0.589. The summed E-state index contributed by atoms with van der Waals surface area (Å²) in [6, 6.07) is 40.2. The van der Waals surface area contributed by atoms with E-state index < -0.39 is 6.51 Å². The van der Waals surface area contributed by atoms with Gasteiger partial charge in [0.1, 0.15) is 0 Å². The summed E-state index contributed by atoms with van der Waals surface area (Å²) in [5, 5.41) is 6.92. The predicted molar refractivity (Wildman–Crippen MR) is 173 cm³/mol. The van der Waals surface area contributed by atoms with Crippen molar-refractivity contribution in [2.24, 2.45) is 0 Å². The summed E-state index contributed by atoms with van der Waals surface area (Å²) in [7, 11) is -0.575. The molecule has 0 aliphatic carbocycles. The summed E-state index contributed by atoms with van der Waals surface area (Å²) in [5.74, 6) is 0. The number of rotatable bonds is 6. The second-order valence-electron chi connectivity index (χ2n) is 17.7. The molecule has 206 valence electrons. The van der Waals surface area contributed by atoms with Crippen molar-refractivity contribution >= 4 is 37.1 Å². The molecule has 8 atom stereocenters. The Bertz CT molecular complexity index is 2080. The molecule has 10 fully saturated rings. The van der Waals surface area contributed by atoms with Gasteiger partial charge in [-0.3, -0.25) is 0 Å². The van der Waals surface area contributed by atoms with Gasteiger partial charge in [0.25, 0.3) is 0 Å². The second kappa shape index (κ2) is 3.39. The number of hydrogen-bond acceptors (Lipinski definition) is 0. The Balaban J connectivity index is 1.08. The van der Waals surface area contributed by atoms with Crippen LogP contribution < -0.4 is 21.2 Å². The molecule has 4 aromatic rings. The molecule has 3 heteroatoms. The van der Waals surface area contributed by atoms with Crippen molar-refractivity contribution in [3.63, 3.8) is 0 Å². The summed E-state index contributed by atoms with van der Waals surface area (Å²) in [6.45, 7) is 5.19. The van der Waals surface area contributed by atoms with Gasteiger partial charge in [0.2, 0.25) is 0 Å². The van der Waals surface area contributed by atoms with E-state index >= 15 is 0 Å². The van der Waals surface area contributed by atoms with Crippen LogP contribution in [0.25, 0.3) is 0 Å². The van der Waals surface area contributed by atoms with E-state index in [0.717, 1.165) is 8.11 Å². The molecule has 10 aliphatic heterocycles. The molecule has 41 heavy (non-hydrogen) atoms. The average molecular weight is 610 g/mol. The van der Waals surface area contributed by atoms with Crippen molar-refractivity contribution in [2.45, 2.75) is 74.3 Å². The van der Waals surface area contributed by atoms with Gasteiger partial charge in [0, 0.05) is 0 Å². The number of benzene rings is 4. The van der Waals surface area contributed by atoms with Crippen LogP contribution >= 0.6 is 15.8 Å². The number of aryl methyl sites for hydroxylation is 4. The van der Waals surface area contributed by atoms with Gasteiger partial charge in [-0.2, -0.15) is 0 Å². The average Bonchev–Trinajstić information content (AvgIpc) is 3.93. The molecular formula is C38H36FeP2. The first-order valence-electron chi connectivity index (χ1n) is 15.8. The molecule has 0 saturated carbocycles. The SMILES string of the molecule is Cc1ccc(P(c2ccc(C)cc2)[C]23[CH]4[CH]5[CH]6[CH]2[Fe]56432789[CH]3[CH]2[CH]7[C]8(P(c2ccc(C)cc2)c2ccc(C)cc2)[CH]39)cc1. The zero-order valence-corrected chi connectivity index (χ0v) is 27.0. The molecule has 0 nitrogen and oxygen atoms in total. The molecule has 0 aromatic heterocycles. The van der Waals surface area contributed by atoms with Crippen LogP contribution in [0.3, 0.4) is 0 Å². The van der Waals surface area contributed by atoms with E-state index in [4.69, 9.17) is 0 Å². The third-order valence-corrected chi connectivity index (χ3v) is 77.2. The third-order valence-electron chi connectivity index (χ3n) is 20.5. The molecule has 0 radical (unpaired) electrons. The fourth-order valence-corrected chi connectivity index (χ4v) is 126. The van der Waals surface area contributed by atoms with Gasteiger partial charge in [-0.05, 0) is 0 Å². The topological polar surface area (TPSA) is 0 Å². The predicted octanol–water partition coefficient (Wildman–Crippen LogP) is 8.69. The fourth-order valence-electron chi connectivity index (χ4n) is 21.4. The summed E-state index contributed by atoms with van der Waals surface area (Å²) < 4.78 is 1.56. The van der Waals surface area contributed by atoms with Crippen molar-refractivity contribution in [1.29, 1.82) is 0 Å².